The van der Waals surface area contributed by atoms with Crippen LogP contribution >= 0.6 is 0 Å². The molecule has 0 saturated carbocycles. The molecule has 130 valence electrons. The molecule has 1 N–H and O–H groups in total. The molecule has 3 aromatic rings. The van der Waals surface area contributed by atoms with Gasteiger partial charge in [-0.25, -0.2) is 0 Å². The standard InChI is InChI=1S/C18H16.C5H10O2/c1-3-7-15-13(5-1)9-11-18-16-8-4-2-6-14(16)10-12-17(15)18;1-2-3-5(7)4-6/h1,3,5,7,9-12H,2,4,6,8H2;6H,2-4H2,1H3. The molecule has 0 saturated heterocycles. The summed E-state index contributed by atoms with van der Waals surface area (Å²) in [5.41, 5.74) is 3.17. The Hall–Kier alpha value is -2.19. The normalized spacial score (nSPS) is 13.2. The largest absolute Gasteiger partial charge is 0.389 e. The number of Topliss-reactive ketones (excluding diaryl/α,β-unsaturated/α-hetero) is 1. The number of carbonyl (C=O) groups is 1. The van der Waals surface area contributed by atoms with Crippen molar-refractivity contribution < 1.29 is 9.90 Å². The summed E-state index contributed by atoms with van der Waals surface area (Å²) in [4.78, 5) is 10.2. The minimum absolute atomic E-state index is 0.0671. The van der Waals surface area contributed by atoms with Crippen molar-refractivity contribution in [2.75, 3.05) is 6.61 Å². The molecule has 0 aromatic heterocycles. The minimum Gasteiger partial charge on any atom is -0.389 e. The summed E-state index contributed by atoms with van der Waals surface area (Å²) in [5, 5.41) is 13.8. The van der Waals surface area contributed by atoms with E-state index in [-0.39, 0.29) is 12.4 Å². The minimum atomic E-state index is -0.298. The molecule has 0 aliphatic heterocycles. The zero-order chi connectivity index (χ0) is 17.6. The van der Waals surface area contributed by atoms with Gasteiger partial charge in [-0.15, -0.1) is 0 Å². The molecule has 3 aromatic carbocycles. The maximum absolute atomic E-state index is 10.2. The van der Waals surface area contributed by atoms with Crippen molar-refractivity contribution in [2.45, 2.75) is 45.4 Å². The maximum Gasteiger partial charge on any atom is 0.158 e. The van der Waals surface area contributed by atoms with E-state index >= 15 is 0 Å². The number of aryl methyl sites for hydroxylation is 2. The second-order valence-corrected chi connectivity index (χ2v) is 6.74. The summed E-state index contributed by atoms with van der Waals surface area (Å²) in [7, 11) is 0. The van der Waals surface area contributed by atoms with Crippen LogP contribution in [0.4, 0.5) is 0 Å². The molecule has 0 heterocycles. The van der Waals surface area contributed by atoms with Crippen molar-refractivity contribution in [2.24, 2.45) is 0 Å². The van der Waals surface area contributed by atoms with E-state index in [0.29, 0.717) is 6.42 Å². The van der Waals surface area contributed by atoms with Gasteiger partial charge in [-0.1, -0.05) is 55.5 Å². The number of aliphatic hydroxyl groups excluding tert-OH is 1. The van der Waals surface area contributed by atoms with Crippen LogP contribution in [0, 0.1) is 0 Å². The number of benzene rings is 3. The first-order valence-electron chi connectivity index (χ1n) is 9.29. The molecule has 4 rings (SSSR count). The number of ketones is 1. The van der Waals surface area contributed by atoms with Crippen molar-refractivity contribution >= 4 is 27.3 Å². The van der Waals surface area contributed by atoms with Gasteiger partial charge in [0.05, 0.1) is 0 Å². The molecule has 0 spiro atoms. The summed E-state index contributed by atoms with van der Waals surface area (Å²) in [6.07, 6.45) is 6.56. The SMILES string of the molecule is CCCC(=O)CO.c1ccc2c(c1)ccc1c3c(ccc12)CCCC3. The monoisotopic (exact) mass is 334 g/mol. The molecule has 2 heteroatoms. The molecule has 0 unspecified atom stereocenters. The molecule has 2 nitrogen and oxygen atoms in total. The topological polar surface area (TPSA) is 37.3 Å². The van der Waals surface area contributed by atoms with E-state index in [1.807, 2.05) is 6.92 Å². The molecule has 1 aliphatic carbocycles. The Bertz CT molecular complexity index is 880. The molecule has 0 atom stereocenters. The van der Waals surface area contributed by atoms with Crippen molar-refractivity contribution in [3.63, 3.8) is 0 Å². The van der Waals surface area contributed by atoms with Crippen LogP contribution in [0.15, 0.2) is 48.5 Å². The molecular weight excluding hydrogens is 308 g/mol. The highest BCUT2D eigenvalue weighted by atomic mass is 16.3. The molecule has 0 fully saturated rings. The third-order valence-electron chi connectivity index (χ3n) is 4.96. The highest BCUT2D eigenvalue weighted by Crippen LogP contribution is 2.33. The first-order chi connectivity index (χ1) is 12.2. The van der Waals surface area contributed by atoms with Crippen LogP contribution < -0.4 is 0 Å². The summed E-state index contributed by atoms with van der Waals surface area (Å²) in [6, 6.07) is 18.0. The van der Waals surface area contributed by atoms with Crippen LogP contribution in [0.2, 0.25) is 0 Å². The van der Waals surface area contributed by atoms with Gasteiger partial charge in [0.2, 0.25) is 0 Å². The summed E-state index contributed by atoms with van der Waals surface area (Å²) >= 11 is 0. The average molecular weight is 334 g/mol. The summed E-state index contributed by atoms with van der Waals surface area (Å²) in [6.45, 7) is 1.61. The number of rotatable bonds is 3. The summed E-state index contributed by atoms with van der Waals surface area (Å²) < 4.78 is 0. The second kappa shape index (κ2) is 8.26. The fourth-order valence-electron chi connectivity index (χ4n) is 3.70. The Morgan fingerprint density at radius 2 is 1.68 bits per heavy atom. The third kappa shape index (κ3) is 3.91. The molecular formula is C23H26O2. The van der Waals surface area contributed by atoms with Crippen molar-refractivity contribution in [1.82, 2.24) is 0 Å². The molecule has 25 heavy (non-hydrogen) atoms. The smallest absolute Gasteiger partial charge is 0.158 e. The van der Waals surface area contributed by atoms with Gasteiger partial charge < -0.3 is 5.11 Å². The highest BCUT2D eigenvalue weighted by molar-refractivity contribution is 6.08. The third-order valence-corrected chi connectivity index (χ3v) is 4.96. The van der Waals surface area contributed by atoms with Crippen molar-refractivity contribution in [3.05, 3.63) is 59.7 Å². The number of hydrogen-bond donors (Lipinski definition) is 1. The fraction of sp³-hybridized carbons (Fsp3) is 0.348. The van der Waals surface area contributed by atoms with Gasteiger partial charge in [0, 0.05) is 6.42 Å². The van der Waals surface area contributed by atoms with E-state index in [9.17, 15) is 4.79 Å². The van der Waals surface area contributed by atoms with Gasteiger partial charge in [-0.2, -0.15) is 0 Å². The van der Waals surface area contributed by atoms with Crippen LogP contribution in [0.25, 0.3) is 21.5 Å². The Morgan fingerprint density at radius 1 is 0.920 bits per heavy atom. The van der Waals surface area contributed by atoms with Gasteiger partial charge in [0.1, 0.15) is 6.61 Å². The lowest BCUT2D eigenvalue weighted by molar-refractivity contribution is -0.121. The predicted molar refractivity (Wildman–Crippen MR) is 105 cm³/mol. The van der Waals surface area contributed by atoms with E-state index in [1.165, 1.54) is 47.2 Å². The molecule has 0 radical (unpaired) electrons. The van der Waals surface area contributed by atoms with Gasteiger partial charge in [-0.05, 0) is 64.8 Å². The van der Waals surface area contributed by atoms with E-state index in [1.54, 1.807) is 11.1 Å². The molecule has 1 aliphatic rings. The second-order valence-electron chi connectivity index (χ2n) is 6.74. The van der Waals surface area contributed by atoms with Crippen molar-refractivity contribution in [3.8, 4) is 0 Å². The van der Waals surface area contributed by atoms with E-state index in [0.717, 1.165) is 6.42 Å². The number of fused-ring (bicyclic) bond motifs is 5. The van der Waals surface area contributed by atoms with Crippen LogP contribution in [-0.2, 0) is 17.6 Å². The Morgan fingerprint density at radius 3 is 2.44 bits per heavy atom. The zero-order valence-corrected chi connectivity index (χ0v) is 14.9. The van der Waals surface area contributed by atoms with Gasteiger partial charge >= 0.3 is 0 Å². The van der Waals surface area contributed by atoms with Gasteiger partial charge in [0.15, 0.2) is 5.78 Å². The molecule has 0 bridgehead atoms. The first kappa shape index (κ1) is 17.6. The van der Waals surface area contributed by atoms with E-state index in [2.05, 4.69) is 48.5 Å². The predicted octanol–water partition coefficient (Wildman–Crippen LogP) is 5.22. The van der Waals surface area contributed by atoms with Gasteiger partial charge in [0.25, 0.3) is 0 Å². The van der Waals surface area contributed by atoms with Crippen LogP contribution in [0.5, 0.6) is 0 Å². The number of hydrogen-bond acceptors (Lipinski definition) is 2. The molecule has 0 amide bonds. The zero-order valence-electron chi connectivity index (χ0n) is 14.9. The van der Waals surface area contributed by atoms with Crippen molar-refractivity contribution in [1.29, 1.82) is 0 Å². The Labute approximate surface area is 149 Å². The summed E-state index contributed by atoms with van der Waals surface area (Å²) in [5.74, 6) is -0.0671. The van der Waals surface area contributed by atoms with E-state index < -0.39 is 0 Å². The first-order valence-corrected chi connectivity index (χ1v) is 9.29. The van der Waals surface area contributed by atoms with Crippen LogP contribution in [0.3, 0.4) is 0 Å². The number of carbonyl (C=O) groups excluding carboxylic acids is 1. The quantitative estimate of drug-likeness (QED) is 0.667. The fourth-order valence-corrected chi connectivity index (χ4v) is 3.70. The lowest BCUT2D eigenvalue weighted by Gasteiger charge is -2.18. The van der Waals surface area contributed by atoms with E-state index in [4.69, 9.17) is 5.11 Å². The lowest BCUT2D eigenvalue weighted by atomic mass is 9.86. The Balaban J connectivity index is 0.000000225. The average Bonchev–Trinajstić information content (AvgIpc) is 2.68. The Kier molecular flexibility index (Phi) is 5.83. The number of aliphatic hydroxyl groups is 1. The van der Waals surface area contributed by atoms with Crippen LogP contribution in [0.1, 0.15) is 43.7 Å². The lowest BCUT2D eigenvalue weighted by Crippen LogP contribution is -2.02. The highest BCUT2D eigenvalue weighted by Gasteiger charge is 2.13. The van der Waals surface area contributed by atoms with Crippen LogP contribution in [-0.4, -0.2) is 17.5 Å². The maximum atomic E-state index is 10.2. The van der Waals surface area contributed by atoms with Gasteiger partial charge in [-0.3, -0.25) is 4.79 Å².